The van der Waals surface area contributed by atoms with Gasteiger partial charge in [-0.3, -0.25) is 9.59 Å². The van der Waals surface area contributed by atoms with Crippen molar-refractivity contribution in [1.82, 2.24) is 9.88 Å². The van der Waals surface area contributed by atoms with Gasteiger partial charge in [-0.25, -0.2) is 9.18 Å². The molecule has 1 aromatic carbocycles. The molecule has 1 saturated heterocycles. The number of nitrogens with one attached hydrogen (secondary N) is 1. The molecule has 1 amide bonds. The van der Waals surface area contributed by atoms with Crippen LogP contribution >= 0.6 is 0 Å². The average molecular weight is 444 g/mol. The van der Waals surface area contributed by atoms with Crippen LogP contribution in [0.4, 0.5) is 14.9 Å². The Balaban J connectivity index is 1.61. The average Bonchev–Trinajstić information content (AvgIpc) is 3.43. The molecule has 2 aromatic rings. The summed E-state index contributed by atoms with van der Waals surface area (Å²) in [5, 5.41) is 3.28. The number of benzene rings is 1. The number of pyridine rings is 1. The van der Waals surface area contributed by atoms with Crippen molar-refractivity contribution < 1.29 is 18.7 Å². The van der Waals surface area contributed by atoms with E-state index in [1.165, 1.54) is 12.1 Å². The van der Waals surface area contributed by atoms with E-state index in [2.05, 4.69) is 5.32 Å². The highest BCUT2D eigenvalue weighted by molar-refractivity contribution is 5.99. The molecule has 1 unspecified atom stereocenters. The minimum absolute atomic E-state index is 0.104. The lowest BCUT2D eigenvalue weighted by atomic mass is 10.0. The van der Waals surface area contributed by atoms with Gasteiger partial charge in [0.05, 0.1) is 11.2 Å². The van der Waals surface area contributed by atoms with E-state index in [9.17, 15) is 14.4 Å². The molecule has 32 heavy (non-hydrogen) atoms. The summed E-state index contributed by atoms with van der Waals surface area (Å²) in [5.41, 5.74) is 1.23. The van der Waals surface area contributed by atoms with Crippen molar-refractivity contribution in [2.24, 2.45) is 5.92 Å². The van der Waals surface area contributed by atoms with E-state index in [-0.39, 0.29) is 23.1 Å². The fraction of sp³-hybridized carbons (Fsp3) is 0.542. The Labute approximate surface area is 186 Å². The zero-order chi connectivity index (χ0) is 23.2. The number of hydrogen-bond donors (Lipinski definition) is 1. The molecule has 2 fully saturated rings. The molecule has 4 rings (SSSR count). The lowest BCUT2D eigenvalue weighted by molar-refractivity contribution is 0.0520. The number of fused-ring (bicyclic) bond motifs is 1. The van der Waals surface area contributed by atoms with Crippen LogP contribution < -0.4 is 15.8 Å². The van der Waals surface area contributed by atoms with Gasteiger partial charge in [-0.15, -0.1) is 0 Å². The van der Waals surface area contributed by atoms with Crippen LogP contribution in [0.1, 0.15) is 62.0 Å². The third kappa shape index (κ3) is 4.36. The summed E-state index contributed by atoms with van der Waals surface area (Å²) in [5.74, 6) is -0.246. The van der Waals surface area contributed by atoms with Gasteiger partial charge in [0.1, 0.15) is 11.4 Å². The highest BCUT2D eigenvalue weighted by atomic mass is 19.1. The fourth-order valence-corrected chi connectivity index (χ4v) is 4.60. The summed E-state index contributed by atoms with van der Waals surface area (Å²) >= 11 is 0. The molecule has 1 atom stereocenters. The molecule has 0 spiro atoms. The SMILES string of the molecule is Cc1c(N2CCC(CNC(=O)OC(C)(C)C)C2)c(F)cc2c(C=O)cc(=O)n(C3CC3)c12. The van der Waals surface area contributed by atoms with Crippen LogP contribution in [-0.2, 0) is 4.74 Å². The Morgan fingerprint density at radius 2 is 2.00 bits per heavy atom. The molecule has 1 aliphatic carbocycles. The zero-order valence-corrected chi connectivity index (χ0v) is 19.0. The van der Waals surface area contributed by atoms with Gasteiger partial charge < -0.3 is 19.5 Å². The number of alkyl carbamates (subject to hydrolysis) is 1. The number of carbonyl (C=O) groups excluding carboxylic acids is 2. The Kier molecular flexibility index (Phi) is 5.73. The van der Waals surface area contributed by atoms with Gasteiger partial charge in [0, 0.05) is 42.7 Å². The number of aldehydes is 1. The smallest absolute Gasteiger partial charge is 0.407 e. The van der Waals surface area contributed by atoms with E-state index in [0.29, 0.717) is 48.1 Å². The summed E-state index contributed by atoms with van der Waals surface area (Å²) in [6, 6.07) is 2.79. The summed E-state index contributed by atoms with van der Waals surface area (Å²) in [6.07, 6.45) is 2.77. The Morgan fingerprint density at radius 1 is 1.28 bits per heavy atom. The predicted octanol–water partition coefficient (Wildman–Crippen LogP) is 3.95. The minimum atomic E-state index is -0.561. The first-order valence-corrected chi connectivity index (χ1v) is 11.1. The molecule has 1 N–H and O–H groups in total. The third-order valence-electron chi connectivity index (χ3n) is 6.11. The monoisotopic (exact) mass is 443 g/mol. The maximum atomic E-state index is 15.3. The topological polar surface area (TPSA) is 80.6 Å². The standard InChI is InChI=1S/C24H30FN3O4/c1-14-21-18(16(13-29)9-20(30)28(21)17-5-6-17)10-19(25)22(14)27-8-7-15(12-27)11-26-23(31)32-24(2,3)4/h9-10,13,15,17H,5-8,11-12H2,1-4H3,(H,26,31). The molecule has 8 heteroatoms. The van der Waals surface area contributed by atoms with Crippen molar-refractivity contribution in [2.75, 3.05) is 24.5 Å². The van der Waals surface area contributed by atoms with E-state index in [1.54, 1.807) is 4.57 Å². The molecule has 1 saturated carbocycles. The van der Waals surface area contributed by atoms with Crippen molar-refractivity contribution in [2.45, 2.75) is 58.6 Å². The van der Waals surface area contributed by atoms with Crippen LogP contribution in [-0.4, -0.2) is 42.2 Å². The van der Waals surface area contributed by atoms with Gasteiger partial charge in [0.15, 0.2) is 6.29 Å². The van der Waals surface area contributed by atoms with Crippen LogP contribution in [0.25, 0.3) is 10.9 Å². The van der Waals surface area contributed by atoms with Crippen molar-refractivity contribution in [3.63, 3.8) is 0 Å². The van der Waals surface area contributed by atoms with Gasteiger partial charge in [-0.1, -0.05) is 0 Å². The highest BCUT2D eigenvalue weighted by Crippen LogP contribution is 2.40. The quantitative estimate of drug-likeness (QED) is 0.708. The van der Waals surface area contributed by atoms with E-state index in [0.717, 1.165) is 19.3 Å². The summed E-state index contributed by atoms with van der Waals surface area (Å²) in [7, 11) is 0. The summed E-state index contributed by atoms with van der Waals surface area (Å²) in [6.45, 7) is 8.93. The maximum Gasteiger partial charge on any atom is 0.407 e. The Bertz CT molecular complexity index is 1130. The van der Waals surface area contributed by atoms with Crippen molar-refractivity contribution in [1.29, 1.82) is 0 Å². The van der Waals surface area contributed by atoms with Crippen LogP contribution in [0.3, 0.4) is 0 Å². The van der Waals surface area contributed by atoms with Crippen LogP contribution in [0.5, 0.6) is 0 Å². The number of carbonyl (C=O) groups is 2. The van der Waals surface area contributed by atoms with Crippen molar-refractivity contribution in [3.8, 4) is 0 Å². The normalized spacial score (nSPS) is 18.8. The first-order valence-electron chi connectivity index (χ1n) is 11.1. The van der Waals surface area contributed by atoms with Crippen molar-refractivity contribution >= 4 is 29.0 Å². The number of halogens is 1. The largest absolute Gasteiger partial charge is 0.444 e. The molecule has 1 aromatic heterocycles. The second-order valence-corrected chi connectivity index (χ2v) is 9.87. The molecule has 2 aliphatic rings. The zero-order valence-electron chi connectivity index (χ0n) is 19.0. The van der Waals surface area contributed by atoms with Crippen molar-refractivity contribution in [3.05, 3.63) is 39.4 Å². The lowest BCUT2D eigenvalue weighted by Gasteiger charge is -2.25. The van der Waals surface area contributed by atoms with Gasteiger partial charge >= 0.3 is 6.09 Å². The molecule has 0 radical (unpaired) electrons. The second kappa shape index (κ2) is 8.22. The number of ether oxygens (including phenoxy) is 1. The van der Waals surface area contributed by atoms with Gasteiger partial charge in [0.2, 0.25) is 0 Å². The number of anilines is 1. The first-order chi connectivity index (χ1) is 15.1. The van der Waals surface area contributed by atoms with E-state index < -0.39 is 17.5 Å². The Morgan fingerprint density at radius 3 is 2.62 bits per heavy atom. The number of hydrogen-bond acceptors (Lipinski definition) is 5. The molecule has 2 heterocycles. The number of rotatable bonds is 5. The fourth-order valence-electron chi connectivity index (χ4n) is 4.60. The number of aryl methyl sites for hydroxylation is 1. The van der Waals surface area contributed by atoms with Gasteiger partial charge in [0.25, 0.3) is 5.56 Å². The summed E-state index contributed by atoms with van der Waals surface area (Å²) < 4.78 is 22.3. The Hall–Kier alpha value is -2.90. The highest BCUT2D eigenvalue weighted by Gasteiger charge is 2.31. The van der Waals surface area contributed by atoms with Gasteiger partial charge in [-0.2, -0.15) is 0 Å². The van der Waals surface area contributed by atoms with Crippen LogP contribution in [0.15, 0.2) is 16.9 Å². The maximum absolute atomic E-state index is 15.3. The van der Waals surface area contributed by atoms with E-state index in [4.69, 9.17) is 4.74 Å². The number of nitrogens with zero attached hydrogens (tertiary/aromatic N) is 2. The first kappa shape index (κ1) is 22.3. The molecular weight excluding hydrogens is 413 g/mol. The van der Waals surface area contributed by atoms with E-state index >= 15 is 4.39 Å². The summed E-state index contributed by atoms with van der Waals surface area (Å²) in [4.78, 5) is 38.2. The molecule has 1 aliphatic heterocycles. The molecule has 172 valence electrons. The predicted molar refractivity (Wildman–Crippen MR) is 121 cm³/mol. The molecule has 0 bridgehead atoms. The third-order valence-corrected chi connectivity index (χ3v) is 6.11. The van der Waals surface area contributed by atoms with E-state index in [1.807, 2.05) is 32.6 Å². The second-order valence-electron chi connectivity index (χ2n) is 9.87. The number of aromatic nitrogens is 1. The van der Waals surface area contributed by atoms with Gasteiger partial charge in [-0.05, 0) is 64.5 Å². The molecule has 7 nitrogen and oxygen atoms in total. The lowest BCUT2D eigenvalue weighted by Crippen LogP contribution is -2.36. The number of amides is 1. The van der Waals surface area contributed by atoms with Crippen LogP contribution in [0, 0.1) is 18.7 Å². The van der Waals surface area contributed by atoms with Crippen LogP contribution in [0.2, 0.25) is 0 Å². The molecular formula is C24H30FN3O4. The minimum Gasteiger partial charge on any atom is -0.444 e.